The first kappa shape index (κ1) is 39.0. The zero-order valence-electron chi connectivity index (χ0n) is 33.0. The predicted octanol–water partition coefficient (Wildman–Crippen LogP) is 10.9. The van der Waals surface area contributed by atoms with Gasteiger partial charge in [0.1, 0.15) is 0 Å². The van der Waals surface area contributed by atoms with Crippen molar-refractivity contribution in [1.29, 1.82) is 0 Å². The van der Waals surface area contributed by atoms with E-state index in [0.29, 0.717) is 11.9 Å². The summed E-state index contributed by atoms with van der Waals surface area (Å²) < 4.78 is 0. The Labute approximate surface area is 306 Å². The van der Waals surface area contributed by atoms with Gasteiger partial charge in [0.05, 0.1) is 0 Å². The standard InChI is InChI=1S/C41H74ClN7/c1-38(2)27-31(28-39(3,4)48(38)33-21-11-9-12-22-33)19-15-17-25-43-36-45-35(42)46-37(47-36)44-26-18-16-20-32-29-40(5,6)49(41(7,8)30-32)34-23-13-10-14-24-34/h31-34H,9-30H2,1-8H3,(H2,43,44,45,46,47). The highest BCUT2D eigenvalue weighted by Gasteiger charge is 2.49. The van der Waals surface area contributed by atoms with Crippen molar-refractivity contribution in [3.05, 3.63) is 5.28 Å². The Morgan fingerprint density at radius 3 is 1.22 bits per heavy atom. The van der Waals surface area contributed by atoms with Crippen LogP contribution in [0.3, 0.4) is 0 Å². The molecule has 2 saturated carbocycles. The number of rotatable bonds is 14. The first-order valence-electron chi connectivity index (χ1n) is 20.6. The molecule has 0 atom stereocenters. The van der Waals surface area contributed by atoms with E-state index in [1.165, 1.54) is 116 Å². The number of hydrogen-bond donors (Lipinski definition) is 2. The van der Waals surface area contributed by atoms with E-state index in [-0.39, 0.29) is 27.4 Å². The number of nitrogens with zero attached hydrogens (tertiary/aromatic N) is 5. The Bertz CT molecular complexity index is 1050. The lowest BCUT2D eigenvalue weighted by Crippen LogP contribution is -2.64. The van der Waals surface area contributed by atoms with Crippen LogP contribution < -0.4 is 10.6 Å². The number of likely N-dealkylation sites (tertiary alicyclic amines) is 2. The van der Waals surface area contributed by atoms with Crippen LogP contribution in [-0.4, -0.2) is 72.1 Å². The third-order valence-electron chi connectivity index (χ3n) is 12.9. The summed E-state index contributed by atoms with van der Waals surface area (Å²) in [5.41, 5.74) is 1.10. The Kier molecular flexibility index (Phi) is 13.3. The fourth-order valence-electron chi connectivity index (χ4n) is 12.1. The summed E-state index contributed by atoms with van der Waals surface area (Å²) in [6.45, 7) is 21.8. The van der Waals surface area contributed by atoms with E-state index in [1.807, 2.05) is 0 Å². The monoisotopic (exact) mass is 700 g/mol. The molecule has 0 spiro atoms. The zero-order chi connectivity index (χ0) is 35.3. The van der Waals surface area contributed by atoms with E-state index in [2.05, 4.69) is 90.8 Å². The molecule has 1 aromatic heterocycles. The minimum atomic E-state index is 0.253. The highest BCUT2D eigenvalue weighted by atomic mass is 35.5. The highest BCUT2D eigenvalue weighted by molar-refractivity contribution is 6.28. The van der Waals surface area contributed by atoms with Crippen LogP contribution in [0.5, 0.6) is 0 Å². The van der Waals surface area contributed by atoms with Gasteiger partial charge in [-0.15, -0.1) is 0 Å². The number of nitrogens with one attached hydrogen (secondary N) is 2. The maximum absolute atomic E-state index is 6.33. The van der Waals surface area contributed by atoms with Crippen LogP contribution in [0.1, 0.15) is 184 Å². The van der Waals surface area contributed by atoms with E-state index in [0.717, 1.165) is 49.9 Å². The van der Waals surface area contributed by atoms with Gasteiger partial charge in [-0.05, 0) is 143 Å². The topological polar surface area (TPSA) is 69.2 Å². The van der Waals surface area contributed by atoms with Gasteiger partial charge in [-0.1, -0.05) is 64.2 Å². The first-order valence-corrected chi connectivity index (χ1v) is 21.0. The van der Waals surface area contributed by atoms with E-state index in [9.17, 15) is 0 Å². The molecule has 2 N–H and O–H groups in total. The molecule has 3 heterocycles. The predicted molar refractivity (Wildman–Crippen MR) is 209 cm³/mol. The maximum atomic E-state index is 6.33. The summed E-state index contributed by atoms with van der Waals surface area (Å²) in [7, 11) is 0. The largest absolute Gasteiger partial charge is 0.354 e. The van der Waals surface area contributed by atoms with Crippen LogP contribution in [-0.2, 0) is 0 Å². The molecule has 2 saturated heterocycles. The molecule has 1 aromatic rings. The number of unbranched alkanes of at least 4 members (excludes halogenated alkanes) is 2. The average molecular weight is 701 g/mol. The molecule has 0 aromatic carbocycles. The van der Waals surface area contributed by atoms with Gasteiger partial charge in [0, 0.05) is 47.3 Å². The molecule has 2 aliphatic carbocycles. The number of halogens is 1. The van der Waals surface area contributed by atoms with E-state index in [4.69, 9.17) is 11.6 Å². The SMILES string of the molecule is CC1(C)CC(CCCCNc2nc(Cl)nc(NCCCCC3CC(C)(C)N(C4CCCCC4)C(C)(C)C3)n2)CC(C)(C)N1C1CCCCC1. The minimum Gasteiger partial charge on any atom is -0.354 e. The fraction of sp³-hybridized carbons (Fsp3) is 0.927. The third-order valence-corrected chi connectivity index (χ3v) is 13.1. The maximum Gasteiger partial charge on any atom is 0.228 e. The average Bonchev–Trinajstić information content (AvgIpc) is 2.99. The third kappa shape index (κ3) is 10.5. The van der Waals surface area contributed by atoms with Crippen LogP contribution in [0.25, 0.3) is 0 Å². The van der Waals surface area contributed by atoms with Crippen molar-refractivity contribution in [2.75, 3.05) is 23.7 Å². The summed E-state index contributed by atoms with van der Waals surface area (Å²) in [6, 6.07) is 1.55. The van der Waals surface area contributed by atoms with Crippen molar-refractivity contribution >= 4 is 23.5 Å². The molecular weight excluding hydrogens is 626 g/mol. The number of anilines is 2. The Balaban J connectivity index is 0.996. The lowest BCUT2D eigenvalue weighted by molar-refractivity contribution is -0.0917. The number of aromatic nitrogens is 3. The van der Waals surface area contributed by atoms with Gasteiger partial charge in [0.2, 0.25) is 17.2 Å². The van der Waals surface area contributed by atoms with Gasteiger partial charge in [0.25, 0.3) is 0 Å². The van der Waals surface area contributed by atoms with Crippen LogP contribution >= 0.6 is 11.6 Å². The Morgan fingerprint density at radius 1 is 0.531 bits per heavy atom. The molecule has 4 fully saturated rings. The van der Waals surface area contributed by atoms with E-state index >= 15 is 0 Å². The van der Waals surface area contributed by atoms with Gasteiger partial charge in [-0.2, -0.15) is 15.0 Å². The first-order chi connectivity index (χ1) is 23.2. The van der Waals surface area contributed by atoms with Crippen molar-refractivity contribution < 1.29 is 0 Å². The van der Waals surface area contributed by atoms with Crippen molar-refractivity contribution in [3.8, 4) is 0 Å². The highest BCUT2D eigenvalue weighted by Crippen LogP contribution is 2.48. The van der Waals surface area contributed by atoms with Gasteiger partial charge in [-0.25, -0.2) is 0 Å². The molecule has 0 amide bonds. The van der Waals surface area contributed by atoms with Gasteiger partial charge in [0.15, 0.2) is 0 Å². The lowest BCUT2D eigenvalue weighted by atomic mass is 9.70. The molecule has 0 radical (unpaired) electrons. The minimum absolute atomic E-state index is 0.253. The molecule has 49 heavy (non-hydrogen) atoms. The summed E-state index contributed by atoms with van der Waals surface area (Å²) >= 11 is 6.33. The molecule has 8 heteroatoms. The summed E-state index contributed by atoms with van der Waals surface area (Å²) in [6.07, 6.45) is 26.6. The molecule has 4 aliphatic rings. The summed E-state index contributed by atoms with van der Waals surface area (Å²) in [4.78, 5) is 19.2. The van der Waals surface area contributed by atoms with Gasteiger partial charge < -0.3 is 10.6 Å². The van der Waals surface area contributed by atoms with Crippen molar-refractivity contribution in [1.82, 2.24) is 24.8 Å². The zero-order valence-corrected chi connectivity index (χ0v) is 33.7. The fourth-order valence-corrected chi connectivity index (χ4v) is 12.3. The molecule has 5 rings (SSSR count). The second-order valence-electron chi connectivity index (χ2n) is 19.2. The van der Waals surface area contributed by atoms with Crippen molar-refractivity contribution in [2.45, 2.75) is 218 Å². The second-order valence-corrected chi connectivity index (χ2v) is 19.6. The number of piperidine rings is 2. The molecule has 0 bridgehead atoms. The molecule has 2 aliphatic heterocycles. The van der Waals surface area contributed by atoms with Gasteiger partial charge >= 0.3 is 0 Å². The van der Waals surface area contributed by atoms with Crippen LogP contribution in [0.4, 0.5) is 11.9 Å². The smallest absolute Gasteiger partial charge is 0.228 e. The number of hydrogen-bond acceptors (Lipinski definition) is 7. The molecule has 280 valence electrons. The molecule has 7 nitrogen and oxygen atoms in total. The molecule has 0 unspecified atom stereocenters. The quantitative estimate of drug-likeness (QED) is 0.187. The Hall–Kier alpha value is -1.18. The molecular formula is C41H74ClN7. The Morgan fingerprint density at radius 2 is 0.878 bits per heavy atom. The van der Waals surface area contributed by atoms with E-state index < -0.39 is 0 Å². The lowest BCUT2D eigenvalue weighted by Gasteiger charge is -2.59. The van der Waals surface area contributed by atoms with Gasteiger partial charge in [-0.3, -0.25) is 9.80 Å². The summed E-state index contributed by atoms with van der Waals surface area (Å²) in [5.74, 6) is 2.75. The summed E-state index contributed by atoms with van der Waals surface area (Å²) in [5, 5.41) is 7.12. The van der Waals surface area contributed by atoms with E-state index in [1.54, 1.807) is 0 Å². The van der Waals surface area contributed by atoms with Crippen molar-refractivity contribution in [3.63, 3.8) is 0 Å². The van der Waals surface area contributed by atoms with Crippen LogP contribution in [0.2, 0.25) is 5.28 Å². The second kappa shape index (κ2) is 16.7. The normalized spacial score (nSPS) is 25.7. The van der Waals surface area contributed by atoms with Crippen LogP contribution in [0, 0.1) is 11.8 Å². The van der Waals surface area contributed by atoms with Crippen LogP contribution in [0.15, 0.2) is 0 Å². The van der Waals surface area contributed by atoms with Crippen molar-refractivity contribution in [2.24, 2.45) is 11.8 Å².